The number of hydrogen-bond acceptors (Lipinski definition) is 4. The molecule has 1 aliphatic carbocycles. The largest absolute Gasteiger partial charge is 0.411 e. The first-order valence-corrected chi connectivity index (χ1v) is 7.37. The Labute approximate surface area is 128 Å². The van der Waals surface area contributed by atoms with Crippen LogP contribution in [0.1, 0.15) is 30.3 Å². The van der Waals surface area contributed by atoms with Gasteiger partial charge in [0.25, 0.3) is 0 Å². The minimum absolute atomic E-state index is 0.0344. The lowest BCUT2D eigenvalue weighted by molar-refractivity contribution is -0.173. The molecule has 1 aliphatic rings. The first-order valence-electron chi connectivity index (χ1n) is 6.29. The fourth-order valence-corrected chi connectivity index (χ4v) is 2.72. The molecular weight excluding hydrogens is 386 g/mol. The molecule has 0 radical (unpaired) electrons. The van der Waals surface area contributed by atoms with Gasteiger partial charge in [-0.2, -0.15) is 13.2 Å². The summed E-state index contributed by atoms with van der Waals surface area (Å²) in [7, 11) is 1.77. The fourth-order valence-electron chi connectivity index (χ4n) is 1.77. The number of alkyl halides is 3. The summed E-state index contributed by atoms with van der Waals surface area (Å²) in [5.74, 6) is 1.72. The van der Waals surface area contributed by atoms with Gasteiger partial charge in [0.05, 0.1) is 15.9 Å². The monoisotopic (exact) mass is 401 g/mol. The molecule has 1 aromatic heterocycles. The number of rotatable bonds is 6. The molecule has 0 aromatic carbocycles. The van der Waals surface area contributed by atoms with Crippen molar-refractivity contribution in [1.29, 1.82) is 0 Å². The van der Waals surface area contributed by atoms with Crippen molar-refractivity contribution in [1.82, 2.24) is 9.97 Å². The summed E-state index contributed by atoms with van der Waals surface area (Å²) in [5.41, 5.74) is 0.996. The Balaban J connectivity index is 1.99. The average molecular weight is 401 g/mol. The minimum atomic E-state index is -4.29. The topological polar surface area (TPSA) is 47.0 Å². The summed E-state index contributed by atoms with van der Waals surface area (Å²) in [6, 6.07) is 0. The van der Waals surface area contributed by atoms with Crippen LogP contribution < -0.4 is 5.32 Å². The molecule has 2 rings (SSSR count). The standard InChI is InChI=1S/C12H15F3IN3O/c1-17-11-9(16)10(7-2-3-7)18-8(19-11)4-5-20-6-12(13,14)15/h7H,2-6H2,1H3,(H,17,18,19). The molecular formula is C12H15F3IN3O. The van der Waals surface area contributed by atoms with Gasteiger partial charge in [-0.05, 0) is 35.4 Å². The molecule has 0 atom stereocenters. The quantitative estimate of drug-likeness (QED) is 0.588. The molecule has 20 heavy (non-hydrogen) atoms. The zero-order valence-corrected chi connectivity index (χ0v) is 13.1. The van der Waals surface area contributed by atoms with Crippen LogP contribution in [0.4, 0.5) is 19.0 Å². The Morgan fingerprint density at radius 2 is 2.05 bits per heavy atom. The summed E-state index contributed by atoms with van der Waals surface area (Å²) < 4.78 is 41.5. The number of hydrogen-bond donors (Lipinski definition) is 1. The first kappa shape index (κ1) is 15.7. The van der Waals surface area contributed by atoms with Crippen LogP contribution in [0.15, 0.2) is 0 Å². The Kier molecular flexibility index (Phi) is 5.05. The number of aromatic nitrogens is 2. The van der Waals surface area contributed by atoms with Crippen molar-refractivity contribution in [2.75, 3.05) is 25.6 Å². The Hall–Kier alpha value is -0.640. The summed E-state index contributed by atoms with van der Waals surface area (Å²) >= 11 is 2.20. The lowest BCUT2D eigenvalue weighted by atomic mass is 10.2. The van der Waals surface area contributed by atoms with E-state index in [9.17, 15) is 13.2 Å². The van der Waals surface area contributed by atoms with Gasteiger partial charge in [-0.25, -0.2) is 9.97 Å². The third kappa shape index (κ3) is 4.44. The van der Waals surface area contributed by atoms with Crippen LogP contribution in [0.5, 0.6) is 0 Å². The van der Waals surface area contributed by atoms with Crippen molar-refractivity contribution >= 4 is 28.4 Å². The van der Waals surface area contributed by atoms with Gasteiger partial charge in [0.15, 0.2) is 0 Å². The molecule has 112 valence electrons. The zero-order valence-electron chi connectivity index (χ0n) is 10.9. The highest BCUT2D eigenvalue weighted by molar-refractivity contribution is 14.1. The second-order valence-electron chi connectivity index (χ2n) is 4.63. The van der Waals surface area contributed by atoms with Crippen molar-refractivity contribution in [3.63, 3.8) is 0 Å². The maximum Gasteiger partial charge on any atom is 0.411 e. The fraction of sp³-hybridized carbons (Fsp3) is 0.667. The lowest BCUT2D eigenvalue weighted by Crippen LogP contribution is -2.18. The lowest BCUT2D eigenvalue weighted by Gasteiger charge is -2.11. The molecule has 0 unspecified atom stereocenters. The molecule has 0 spiro atoms. The smallest absolute Gasteiger partial charge is 0.372 e. The van der Waals surface area contributed by atoms with E-state index in [0.29, 0.717) is 11.7 Å². The molecule has 8 heteroatoms. The molecule has 1 heterocycles. The van der Waals surface area contributed by atoms with Gasteiger partial charge in [-0.1, -0.05) is 0 Å². The van der Waals surface area contributed by atoms with Crippen LogP contribution in [0.2, 0.25) is 0 Å². The highest BCUT2D eigenvalue weighted by Gasteiger charge is 2.29. The van der Waals surface area contributed by atoms with E-state index in [1.165, 1.54) is 0 Å². The van der Waals surface area contributed by atoms with Crippen molar-refractivity contribution in [3.05, 3.63) is 15.1 Å². The molecule has 0 bridgehead atoms. The number of nitrogens with zero attached hydrogens (tertiary/aromatic N) is 2. The van der Waals surface area contributed by atoms with Gasteiger partial charge in [-0.15, -0.1) is 0 Å². The molecule has 1 fully saturated rings. The van der Waals surface area contributed by atoms with Gasteiger partial charge in [0.1, 0.15) is 18.2 Å². The Morgan fingerprint density at radius 3 is 2.60 bits per heavy atom. The number of anilines is 1. The molecule has 1 N–H and O–H groups in total. The summed E-state index contributed by atoms with van der Waals surface area (Å²) in [5, 5.41) is 2.99. The van der Waals surface area contributed by atoms with E-state index in [1.807, 2.05) is 0 Å². The first-order chi connectivity index (χ1) is 9.40. The SMILES string of the molecule is CNc1nc(CCOCC(F)(F)F)nc(C2CC2)c1I. The average Bonchev–Trinajstić information content (AvgIpc) is 3.19. The second-order valence-corrected chi connectivity index (χ2v) is 5.71. The van der Waals surface area contributed by atoms with E-state index in [1.54, 1.807) is 7.05 Å². The number of ether oxygens (including phenoxy) is 1. The van der Waals surface area contributed by atoms with E-state index in [2.05, 4.69) is 42.6 Å². The summed E-state index contributed by atoms with van der Waals surface area (Å²) in [4.78, 5) is 8.76. The molecule has 0 aliphatic heterocycles. The van der Waals surface area contributed by atoms with E-state index >= 15 is 0 Å². The second kappa shape index (κ2) is 6.42. The predicted octanol–water partition coefficient (Wildman–Crippen LogP) is 3.12. The number of halogens is 4. The van der Waals surface area contributed by atoms with Crippen molar-refractivity contribution < 1.29 is 17.9 Å². The minimum Gasteiger partial charge on any atom is -0.372 e. The Bertz CT molecular complexity index is 478. The van der Waals surface area contributed by atoms with Crippen LogP contribution in [0.25, 0.3) is 0 Å². The van der Waals surface area contributed by atoms with E-state index in [0.717, 1.165) is 27.9 Å². The van der Waals surface area contributed by atoms with E-state index in [-0.39, 0.29) is 13.0 Å². The van der Waals surface area contributed by atoms with Gasteiger partial charge in [-0.3, -0.25) is 0 Å². The maximum absolute atomic E-state index is 12.0. The van der Waals surface area contributed by atoms with Gasteiger partial charge in [0, 0.05) is 19.4 Å². The highest BCUT2D eigenvalue weighted by Crippen LogP contribution is 2.42. The molecule has 0 saturated heterocycles. The van der Waals surface area contributed by atoms with Crippen molar-refractivity contribution in [2.24, 2.45) is 0 Å². The van der Waals surface area contributed by atoms with Crippen LogP contribution in [-0.4, -0.2) is 36.4 Å². The van der Waals surface area contributed by atoms with Crippen LogP contribution in [0, 0.1) is 3.57 Å². The third-order valence-corrected chi connectivity index (χ3v) is 3.92. The predicted molar refractivity (Wildman–Crippen MR) is 76.8 cm³/mol. The molecule has 0 amide bonds. The van der Waals surface area contributed by atoms with Crippen molar-refractivity contribution in [2.45, 2.75) is 31.4 Å². The van der Waals surface area contributed by atoms with Crippen LogP contribution in [0.3, 0.4) is 0 Å². The van der Waals surface area contributed by atoms with Gasteiger partial charge in [0.2, 0.25) is 0 Å². The zero-order chi connectivity index (χ0) is 14.8. The highest BCUT2D eigenvalue weighted by atomic mass is 127. The molecule has 4 nitrogen and oxygen atoms in total. The van der Waals surface area contributed by atoms with Crippen LogP contribution >= 0.6 is 22.6 Å². The maximum atomic E-state index is 12.0. The third-order valence-electron chi connectivity index (χ3n) is 2.86. The van der Waals surface area contributed by atoms with Crippen molar-refractivity contribution in [3.8, 4) is 0 Å². The normalized spacial score (nSPS) is 15.4. The molecule has 1 saturated carbocycles. The summed E-state index contributed by atoms with van der Waals surface area (Å²) in [6.07, 6.45) is -1.79. The molecule has 1 aromatic rings. The van der Waals surface area contributed by atoms with E-state index in [4.69, 9.17) is 0 Å². The number of nitrogens with one attached hydrogen (secondary N) is 1. The van der Waals surface area contributed by atoms with Gasteiger partial charge >= 0.3 is 6.18 Å². The van der Waals surface area contributed by atoms with Gasteiger partial charge < -0.3 is 10.1 Å². The van der Waals surface area contributed by atoms with Crippen LogP contribution in [-0.2, 0) is 11.2 Å². The Morgan fingerprint density at radius 1 is 1.35 bits per heavy atom. The summed E-state index contributed by atoms with van der Waals surface area (Å²) in [6.45, 7) is -1.26. The van der Waals surface area contributed by atoms with E-state index < -0.39 is 12.8 Å².